The van der Waals surface area contributed by atoms with E-state index in [1.165, 1.54) is 18.5 Å². The first-order valence-electron chi connectivity index (χ1n) is 6.47. The summed E-state index contributed by atoms with van der Waals surface area (Å²) < 4.78 is 5.74. The Morgan fingerprint density at radius 1 is 1.18 bits per heavy atom. The van der Waals surface area contributed by atoms with Gasteiger partial charge in [-0.2, -0.15) is 0 Å². The van der Waals surface area contributed by atoms with Crippen molar-refractivity contribution in [2.75, 3.05) is 39.3 Å². The van der Waals surface area contributed by atoms with Gasteiger partial charge in [0, 0.05) is 19.6 Å². The van der Waals surface area contributed by atoms with E-state index in [9.17, 15) is 0 Å². The minimum atomic E-state index is 0.781. The first kappa shape index (κ1) is 12.4. The number of ether oxygens (including phenoxy) is 1. The third kappa shape index (κ3) is 4.36. The highest BCUT2D eigenvalue weighted by Gasteiger charge is 2.07. The summed E-state index contributed by atoms with van der Waals surface area (Å²) in [7, 11) is 0. The Bertz CT molecular complexity index is 315. The van der Waals surface area contributed by atoms with E-state index in [2.05, 4.69) is 29.3 Å². The third-order valence-corrected chi connectivity index (χ3v) is 3.13. The van der Waals surface area contributed by atoms with Gasteiger partial charge >= 0.3 is 0 Å². The topological polar surface area (TPSA) is 24.5 Å². The monoisotopic (exact) mass is 234 g/mol. The van der Waals surface area contributed by atoms with Crippen LogP contribution in [0.25, 0.3) is 0 Å². The average molecular weight is 234 g/mol. The molecular weight excluding hydrogens is 212 g/mol. The molecule has 1 heterocycles. The van der Waals surface area contributed by atoms with Crippen LogP contribution in [0.5, 0.6) is 5.75 Å². The van der Waals surface area contributed by atoms with Gasteiger partial charge in [0.15, 0.2) is 0 Å². The highest BCUT2D eigenvalue weighted by atomic mass is 16.5. The summed E-state index contributed by atoms with van der Waals surface area (Å²) in [6.45, 7) is 8.47. The molecule has 0 atom stereocenters. The van der Waals surface area contributed by atoms with E-state index in [1.54, 1.807) is 0 Å². The van der Waals surface area contributed by atoms with Gasteiger partial charge in [-0.1, -0.05) is 17.7 Å². The third-order valence-electron chi connectivity index (χ3n) is 3.13. The summed E-state index contributed by atoms with van der Waals surface area (Å²) in [5.41, 5.74) is 1.27. The molecule has 1 fully saturated rings. The second kappa shape index (κ2) is 6.62. The van der Waals surface area contributed by atoms with Crippen molar-refractivity contribution in [3.63, 3.8) is 0 Å². The number of nitrogens with one attached hydrogen (secondary N) is 1. The molecule has 0 spiro atoms. The SMILES string of the molecule is Cc1ccc(OCCN2CCCNCC2)cc1. The lowest BCUT2D eigenvalue weighted by atomic mass is 10.2. The van der Waals surface area contributed by atoms with E-state index in [4.69, 9.17) is 4.74 Å². The van der Waals surface area contributed by atoms with E-state index >= 15 is 0 Å². The maximum atomic E-state index is 5.74. The van der Waals surface area contributed by atoms with Gasteiger partial charge in [-0.25, -0.2) is 0 Å². The minimum absolute atomic E-state index is 0.781. The van der Waals surface area contributed by atoms with Gasteiger partial charge in [-0.15, -0.1) is 0 Å². The van der Waals surface area contributed by atoms with Gasteiger partial charge in [-0.3, -0.25) is 4.90 Å². The van der Waals surface area contributed by atoms with Crippen molar-refractivity contribution in [2.45, 2.75) is 13.3 Å². The number of hydrogen-bond acceptors (Lipinski definition) is 3. The Kier molecular flexibility index (Phi) is 4.83. The normalized spacial score (nSPS) is 17.7. The summed E-state index contributed by atoms with van der Waals surface area (Å²) in [5.74, 6) is 0.976. The van der Waals surface area contributed by atoms with Crippen LogP contribution < -0.4 is 10.1 Å². The highest BCUT2D eigenvalue weighted by molar-refractivity contribution is 5.26. The quantitative estimate of drug-likeness (QED) is 0.857. The molecule has 1 N–H and O–H groups in total. The van der Waals surface area contributed by atoms with Crippen LogP contribution in [-0.4, -0.2) is 44.2 Å². The predicted molar refractivity (Wildman–Crippen MR) is 70.6 cm³/mol. The molecule has 1 aliphatic heterocycles. The summed E-state index contributed by atoms with van der Waals surface area (Å²) in [6.07, 6.45) is 1.24. The van der Waals surface area contributed by atoms with E-state index in [-0.39, 0.29) is 0 Å². The Balaban J connectivity index is 1.69. The van der Waals surface area contributed by atoms with Crippen molar-refractivity contribution in [1.29, 1.82) is 0 Å². The molecule has 0 bridgehead atoms. The van der Waals surface area contributed by atoms with Gasteiger partial charge in [0.2, 0.25) is 0 Å². The molecule has 1 saturated heterocycles. The number of benzene rings is 1. The van der Waals surface area contributed by atoms with Gasteiger partial charge < -0.3 is 10.1 Å². The van der Waals surface area contributed by atoms with Crippen molar-refractivity contribution in [2.24, 2.45) is 0 Å². The molecule has 94 valence electrons. The molecule has 0 unspecified atom stereocenters. The molecule has 1 aromatic carbocycles. The summed E-state index contributed by atoms with van der Waals surface area (Å²) in [5, 5.41) is 3.41. The number of aryl methyl sites for hydroxylation is 1. The second-order valence-corrected chi connectivity index (χ2v) is 4.61. The maximum Gasteiger partial charge on any atom is 0.119 e. The molecule has 1 aliphatic rings. The van der Waals surface area contributed by atoms with Crippen LogP contribution in [0.1, 0.15) is 12.0 Å². The predicted octanol–water partition coefficient (Wildman–Crippen LogP) is 1.67. The molecule has 0 saturated carbocycles. The Morgan fingerprint density at radius 3 is 2.82 bits per heavy atom. The lowest BCUT2D eigenvalue weighted by Gasteiger charge is -2.19. The molecule has 3 heteroatoms. The minimum Gasteiger partial charge on any atom is -0.492 e. The zero-order valence-corrected chi connectivity index (χ0v) is 10.6. The van der Waals surface area contributed by atoms with Crippen molar-refractivity contribution in [1.82, 2.24) is 10.2 Å². The lowest BCUT2D eigenvalue weighted by molar-refractivity contribution is 0.217. The van der Waals surface area contributed by atoms with Crippen LogP contribution in [0.2, 0.25) is 0 Å². The van der Waals surface area contributed by atoms with Crippen molar-refractivity contribution in [3.8, 4) is 5.75 Å². The molecular formula is C14H22N2O. The van der Waals surface area contributed by atoms with Gasteiger partial charge in [0.25, 0.3) is 0 Å². The fraction of sp³-hybridized carbons (Fsp3) is 0.571. The van der Waals surface area contributed by atoms with E-state index in [0.717, 1.165) is 38.5 Å². The molecule has 1 aromatic rings. The Morgan fingerprint density at radius 2 is 2.00 bits per heavy atom. The molecule has 0 aliphatic carbocycles. The van der Waals surface area contributed by atoms with Gasteiger partial charge in [0.05, 0.1) is 0 Å². The smallest absolute Gasteiger partial charge is 0.119 e. The van der Waals surface area contributed by atoms with Crippen molar-refractivity contribution in [3.05, 3.63) is 29.8 Å². The Hall–Kier alpha value is -1.06. The molecule has 0 amide bonds. The standard InChI is InChI=1S/C14H22N2O/c1-13-3-5-14(6-4-13)17-12-11-16-9-2-7-15-8-10-16/h3-6,15H,2,7-12H2,1H3. The molecule has 2 rings (SSSR count). The van der Waals surface area contributed by atoms with Crippen LogP contribution in [-0.2, 0) is 0 Å². The summed E-state index contributed by atoms with van der Waals surface area (Å²) >= 11 is 0. The van der Waals surface area contributed by atoms with E-state index in [1.807, 2.05) is 12.1 Å². The Labute approximate surface area is 104 Å². The number of nitrogens with zero attached hydrogens (tertiary/aromatic N) is 1. The first-order chi connectivity index (χ1) is 8.34. The van der Waals surface area contributed by atoms with Crippen LogP contribution in [0.4, 0.5) is 0 Å². The van der Waals surface area contributed by atoms with Gasteiger partial charge in [0.1, 0.15) is 12.4 Å². The van der Waals surface area contributed by atoms with Crippen molar-refractivity contribution < 1.29 is 4.74 Å². The summed E-state index contributed by atoms with van der Waals surface area (Å²) in [6, 6.07) is 8.26. The summed E-state index contributed by atoms with van der Waals surface area (Å²) in [4.78, 5) is 2.47. The molecule has 17 heavy (non-hydrogen) atoms. The fourth-order valence-corrected chi connectivity index (χ4v) is 2.05. The second-order valence-electron chi connectivity index (χ2n) is 4.61. The number of hydrogen-bond donors (Lipinski definition) is 1. The largest absolute Gasteiger partial charge is 0.492 e. The van der Waals surface area contributed by atoms with E-state index < -0.39 is 0 Å². The zero-order valence-electron chi connectivity index (χ0n) is 10.6. The zero-order chi connectivity index (χ0) is 11.9. The highest BCUT2D eigenvalue weighted by Crippen LogP contribution is 2.11. The van der Waals surface area contributed by atoms with Gasteiger partial charge in [-0.05, 0) is 38.6 Å². The average Bonchev–Trinajstić information content (AvgIpc) is 2.60. The van der Waals surface area contributed by atoms with E-state index in [0.29, 0.717) is 0 Å². The van der Waals surface area contributed by atoms with Crippen LogP contribution in [0, 0.1) is 6.92 Å². The maximum absolute atomic E-state index is 5.74. The van der Waals surface area contributed by atoms with Crippen LogP contribution in [0.3, 0.4) is 0 Å². The van der Waals surface area contributed by atoms with Crippen LogP contribution >= 0.6 is 0 Å². The molecule has 0 aromatic heterocycles. The molecule has 3 nitrogen and oxygen atoms in total. The molecule has 0 radical (unpaired) electrons. The van der Waals surface area contributed by atoms with Crippen LogP contribution in [0.15, 0.2) is 24.3 Å². The lowest BCUT2D eigenvalue weighted by Crippen LogP contribution is -2.31. The van der Waals surface area contributed by atoms with Crippen molar-refractivity contribution >= 4 is 0 Å². The number of rotatable bonds is 4. The first-order valence-corrected chi connectivity index (χ1v) is 6.47. The fourth-order valence-electron chi connectivity index (χ4n) is 2.05.